The van der Waals surface area contributed by atoms with Crippen molar-refractivity contribution < 1.29 is 1.37 Å². The van der Waals surface area contributed by atoms with Crippen molar-refractivity contribution in [3.8, 4) is 0 Å². The Balaban J connectivity index is 1.89. The van der Waals surface area contributed by atoms with Crippen molar-refractivity contribution in [1.29, 1.82) is 0 Å². The van der Waals surface area contributed by atoms with E-state index in [0.717, 1.165) is 19.4 Å². The molecule has 2 aliphatic heterocycles. The molecular weight excluding hydrogens is 194 g/mol. The van der Waals surface area contributed by atoms with Crippen molar-refractivity contribution in [1.82, 2.24) is 4.90 Å². The zero-order valence-corrected chi connectivity index (χ0v) is 9.86. The molecule has 1 aromatic carbocycles. The molecule has 2 heterocycles. The Hall–Kier alpha value is -0.820. The molecule has 3 rings (SSSR count). The van der Waals surface area contributed by atoms with Crippen LogP contribution in [0.15, 0.2) is 30.3 Å². The first kappa shape index (κ1) is 9.23. The van der Waals surface area contributed by atoms with Crippen LogP contribution in [0, 0.1) is 0 Å². The minimum atomic E-state index is -0.267. The quantitative estimate of drug-likeness (QED) is 0.691. The molecule has 0 spiro atoms. The standard InChI is InChI=1S/C15H21N/c1-2-7-13(8-3-1)15-11-6-10-14-9-4-5-12-16(14)15/h1-3,7-8,14-15H,4-6,9-12H2/t14-,15-/m0/s1/i14D. The van der Waals surface area contributed by atoms with Crippen LogP contribution in [-0.2, 0) is 0 Å². The summed E-state index contributed by atoms with van der Waals surface area (Å²) in [5, 5.41) is 0. The van der Waals surface area contributed by atoms with Crippen LogP contribution in [0.5, 0.6) is 0 Å². The van der Waals surface area contributed by atoms with Gasteiger partial charge < -0.3 is 0 Å². The third kappa shape index (κ3) is 1.89. The highest BCUT2D eigenvalue weighted by Gasteiger charge is 2.32. The molecule has 1 nitrogen and oxygen atoms in total. The first-order chi connectivity index (χ1) is 8.30. The monoisotopic (exact) mass is 216 g/mol. The van der Waals surface area contributed by atoms with Gasteiger partial charge in [0.25, 0.3) is 0 Å². The van der Waals surface area contributed by atoms with Crippen molar-refractivity contribution in [3.63, 3.8) is 0 Å². The summed E-state index contributed by atoms with van der Waals surface area (Å²) < 4.78 is 8.68. The Kier molecular flexibility index (Phi) is 2.65. The molecule has 1 aromatic rings. The first-order valence-corrected chi connectivity index (χ1v) is 6.61. The molecule has 1 heteroatoms. The number of nitrogens with zero attached hydrogens (tertiary/aromatic N) is 1. The van der Waals surface area contributed by atoms with Gasteiger partial charge in [-0.3, -0.25) is 4.90 Å². The van der Waals surface area contributed by atoms with Crippen LogP contribution >= 0.6 is 0 Å². The van der Waals surface area contributed by atoms with Crippen LogP contribution in [0.25, 0.3) is 0 Å². The van der Waals surface area contributed by atoms with Gasteiger partial charge in [0.05, 0.1) is 0 Å². The lowest BCUT2D eigenvalue weighted by molar-refractivity contribution is 0.0518. The van der Waals surface area contributed by atoms with E-state index in [9.17, 15) is 0 Å². The summed E-state index contributed by atoms with van der Waals surface area (Å²) in [4.78, 5) is 2.47. The molecule has 2 saturated heterocycles. The lowest BCUT2D eigenvalue weighted by atomic mass is 9.86. The van der Waals surface area contributed by atoms with Gasteiger partial charge in [0.1, 0.15) is 0 Å². The molecule has 2 fully saturated rings. The zero-order valence-electron chi connectivity index (χ0n) is 10.9. The summed E-state index contributed by atoms with van der Waals surface area (Å²) in [5.74, 6) is 0. The van der Waals surface area contributed by atoms with Gasteiger partial charge in [-0.05, 0) is 44.2 Å². The second kappa shape index (κ2) is 4.58. The maximum Gasteiger partial charge on any atom is 0.0467 e. The number of hydrogen-bond acceptors (Lipinski definition) is 1. The molecule has 0 amide bonds. The second-order valence-corrected chi connectivity index (χ2v) is 5.04. The molecule has 2 atom stereocenters. The molecule has 86 valence electrons. The first-order valence-electron chi connectivity index (χ1n) is 7.11. The van der Waals surface area contributed by atoms with E-state index >= 15 is 0 Å². The van der Waals surface area contributed by atoms with Gasteiger partial charge in [0.2, 0.25) is 0 Å². The number of benzene rings is 1. The highest BCUT2D eigenvalue weighted by atomic mass is 15.2. The van der Waals surface area contributed by atoms with E-state index in [0.29, 0.717) is 6.04 Å². The molecule has 0 aromatic heterocycles. The molecule has 0 bridgehead atoms. The second-order valence-electron chi connectivity index (χ2n) is 5.04. The number of rotatable bonds is 1. The third-order valence-corrected chi connectivity index (χ3v) is 4.02. The van der Waals surface area contributed by atoms with Crippen LogP contribution in [0.1, 0.15) is 51.5 Å². The molecule has 0 aliphatic carbocycles. The van der Waals surface area contributed by atoms with Gasteiger partial charge in [-0.25, -0.2) is 0 Å². The van der Waals surface area contributed by atoms with E-state index < -0.39 is 0 Å². The van der Waals surface area contributed by atoms with Crippen LogP contribution in [0.3, 0.4) is 0 Å². The summed E-state index contributed by atoms with van der Waals surface area (Å²) in [7, 11) is 0. The SMILES string of the molecule is [2H][C@@]12CCCCN1[C@H](c1ccccc1)CCC2. The number of fused-ring (bicyclic) bond motifs is 1. The zero-order chi connectivity index (χ0) is 11.7. The average Bonchev–Trinajstić information content (AvgIpc) is 2.38. The predicted molar refractivity (Wildman–Crippen MR) is 67.4 cm³/mol. The largest absolute Gasteiger partial charge is 0.293 e. The summed E-state index contributed by atoms with van der Waals surface area (Å²) in [6.07, 6.45) is 7.07. The minimum Gasteiger partial charge on any atom is -0.293 e. The lowest BCUT2D eigenvalue weighted by Crippen LogP contribution is -2.44. The Labute approximate surface area is 99.9 Å². The molecule has 0 unspecified atom stereocenters. The molecule has 0 radical (unpaired) electrons. The number of hydrogen-bond donors (Lipinski definition) is 0. The van der Waals surface area contributed by atoms with Crippen molar-refractivity contribution in [2.24, 2.45) is 0 Å². The van der Waals surface area contributed by atoms with Crippen LogP contribution in [0.2, 0.25) is 0 Å². The Bertz CT molecular complexity index is 374. The van der Waals surface area contributed by atoms with Crippen molar-refractivity contribution in [3.05, 3.63) is 35.9 Å². The molecule has 2 aliphatic rings. The molecule has 0 N–H and O–H groups in total. The maximum absolute atomic E-state index is 8.68. The van der Waals surface area contributed by atoms with Gasteiger partial charge in [0, 0.05) is 13.4 Å². The summed E-state index contributed by atoms with van der Waals surface area (Å²) >= 11 is 0. The van der Waals surface area contributed by atoms with Gasteiger partial charge in [-0.2, -0.15) is 0 Å². The van der Waals surface area contributed by atoms with Gasteiger partial charge in [0.15, 0.2) is 0 Å². The van der Waals surface area contributed by atoms with E-state index in [1.54, 1.807) is 0 Å². The van der Waals surface area contributed by atoms with Crippen molar-refractivity contribution in [2.75, 3.05) is 6.54 Å². The Morgan fingerprint density at radius 1 is 1.00 bits per heavy atom. The minimum absolute atomic E-state index is 0.267. The normalized spacial score (nSPS) is 36.5. The van der Waals surface area contributed by atoms with E-state index in [-0.39, 0.29) is 6.02 Å². The topological polar surface area (TPSA) is 3.24 Å². The van der Waals surface area contributed by atoms with Crippen LogP contribution in [0.4, 0.5) is 0 Å². The van der Waals surface area contributed by atoms with Gasteiger partial charge in [-0.15, -0.1) is 0 Å². The smallest absolute Gasteiger partial charge is 0.0467 e. The summed E-state index contributed by atoms with van der Waals surface area (Å²) in [6, 6.07) is 11.0. The Morgan fingerprint density at radius 3 is 2.69 bits per heavy atom. The third-order valence-electron chi connectivity index (χ3n) is 4.02. The number of piperidine rings is 2. The van der Waals surface area contributed by atoms with E-state index in [2.05, 4.69) is 35.2 Å². The average molecular weight is 216 g/mol. The van der Waals surface area contributed by atoms with E-state index in [4.69, 9.17) is 1.37 Å². The summed E-state index contributed by atoms with van der Waals surface area (Å²) in [5.41, 5.74) is 1.41. The maximum atomic E-state index is 8.68. The van der Waals surface area contributed by atoms with Gasteiger partial charge >= 0.3 is 0 Å². The fraction of sp³-hybridized carbons (Fsp3) is 0.600. The molecular formula is C15H21N. The van der Waals surface area contributed by atoms with Gasteiger partial charge in [-0.1, -0.05) is 36.8 Å². The molecule has 0 saturated carbocycles. The van der Waals surface area contributed by atoms with E-state index in [1.165, 1.54) is 31.2 Å². The fourth-order valence-electron chi connectivity index (χ4n) is 3.23. The summed E-state index contributed by atoms with van der Waals surface area (Å²) in [6.45, 7) is 1.11. The van der Waals surface area contributed by atoms with E-state index in [1.807, 2.05) is 0 Å². The highest BCUT2D eigenvalue weighted by molar-refractivity contribution is 5.20. The van der Waals surface area contributed by atoms with Crippen molar-refractivity contribution >= 4 is 0 Å². The van der Waals surface area contributed by atoms with Crippen LogP contribution in [-0.4, -0.2) is 17.5 Å². The van der Waals surface area contributed by atoms with Crippen LogP contribution < -0.4 is 0 Å². The predicted octanol–water partition coefficient (Wildman–Crippen LogP) is 3.77. The highest BCUT2D eigenvalue weighted by Crippen LogP contribution is 2.38. The Morgan fingerprint density at radius 2 is 1.81 bits per heavy atom. The fourth-order valence-corrected chi connectivity index (χ4v) is 3.23. The van der Waals surface area contributed by atoms with Crippen molar-refractivity contribution in [2.45, 2.75) is 50.6 Å². The molecule has 16 heavy (non-hydrogen) atoms. The lowest BCUT2D eigenvalue weighted by Gasteiger charge is -2.45.